The molecule has 0 saturated heterocycles. The summed E-state index contributed by atoms with van der Waals surface area (Å²) in [5.74, 6) is -2.64. The summed E-state index contributed by atoms with van der Waals surface area (Å²) in [7, 11) is 0. The largest absolute Gasteiger partial charge is 0.396 e. The Morgan fingerprint density at radius 3 is 1.82 bits per heavy atom. The van der Waals surface area contributed by atoms with Gasteiger partial charge in [-0.15, -0.1) is 0 Å². The van der Waals surface area contributed by atoms with Crippen molar-refractivity contribution in [3.63, 3.8) is 0 Å². The quantitative estimate of drug-likeness (QED) is 0.789. The Bertz CT molecular complexity index is 295. The van der Waals surface area contributed by atoms with E-state index in [1.54, 1.807) is 0 Å². The Kier molecular flexibility index (Phi) is 2.83. The average Bonchev–Trinajstić information content (AvgIpc) is 2.18. The standard InChI is InChI=1S/C13H22F2O2/c1-10(2)7-11(8-10,9-16)12(17)3-5-13(14,15)6-4-12/h16-17H,3-9H2,1-2H3. The van der Waals surface area contributed by atoms with E-state index in [0.717, 1.165) is 12.8 Å². The van der Waals surface area contributed by atoms with Crippen LogP contribution < -0.4 is 0 Å². The van der Waals surface area contributed by atoms with Crippen molar-refractivity contribution in [1.29, 1.82) is 0 Å². The highest BCUT2D eigenvalue weighted by Crippen LogP contribution is 2.62. The number of hydrogen-bond donors (Lipinski definition) is 2. The molecule has 2 N–H and O–H groups in total. The first-order valence-electron chi connectivity index (χ1n) is 6.35. The van der Waals surface area contributed by atoms with Crippen LogP contribution in [0.25, 0.3) is 0 Å². The lowest BCUT2D eigenvalue weighted by Gasteiger charge is -2.61. The molecule has 0 amide bonds. The summed E-state index contributed by atoms with van der Waals surface area (Å²) >= 11 is 0. The molecule has 0 aromatic rings. The van der Waals surface area contributed by atoms with Gasteiger partial charge < -0.3 is 10.2 Å². The predicted molar refractivity (Wildman–Crippen MR) is 60.9 cm³/mol. The lowest BCUT2D eigenvalue weighted by molar-refractivity contribution is -0.228. The summed E-state index contributed by atoms with van der Waals surface area (Å²) in [4.78, 5) is 0. The van der Waals surface area contributed by atoms with Gasteiger partial charge >= 0.3 is 0 Å². The fourth-order valence-electron chi connectivity index (χ4n) is 3.93. The highest BCUT2D eigenvalue weighted by atomic mass is 19.3. The number of aliphatic hydroxyl groups excluding tert-OH is 1. The van der Waals surface area contributed by atoms with Crippen LogP contribution in [-0.4, -0.2) is 28.3 Å². The second-order valence-electron chi connectivity index (χ2n) is 6.84. The second kappa shape index (κ2) is 3.64. The Morgan fingerprint density at radius 2 is 1.47 bits per heavy atom. The molecule has 2 rings (SSSR count). The zero-order valence-corrected chi connectivity index (χ0v) is 10.6. The molecule has 2 nitrogen and oxygen atoms in total. The van der Waals surface area contributed by atoms with Crippen LogP contribution in [0.15, 0.2) is 0 Å². The molecule has 0 bridgehead atoms. The Balaban J connectivity index is 2.11. The molecule has 2 aliphatic carbocycles. The van der Waals surface area contributed by atoms with Crippen molar-refractivity contribution < 1.29 is 19.0 Å². The fourth-order valence-corrected chi connectivity index (χ4v) is 3.93. The van der Waals surface area contributed by atoms with Crippen LogP contribution in [0.1, 0.15) is 52.4 Å². The molecule has 17 heavy (non-hydrogen) atoms. The molecular formula is C13H22F2O2. The van der Waals surface area contributed by atoms with Gasteiger partial charge in [-0.1, -0.05) is 13.8 Å². The summed E-state index contributed by atoms with van der Waals surface area (Å²) in [5, 5.41) is 20.2. The van der Waals surface area contributed by atoms with E-state index in [4.69, 9.17) is 0 Å². The number of hydrogen-bond acceptors (Lipinski definition) is 2. The summed E-state index contributed by atoms with van der Waals surface area (Å²) in [6, 6.07) is 0. The van der Waals surface area contributed by atoms with Gasteiger partial charge in [-0.2, -0.15) is 0 Å². The second-order valence-corrected chi connectivity index (χ2v) is 6.84. The molecule has 0 aromatic carbocycles. The minimum absolute atomic E-state index is 0.0987. The maximum atomic E-state index is 13.1. The van der Waals surface area contributed by atoms with Crippen LogP contribution >= 0.6 is 0 Å². The third kappa shape index (κ3) is 2.10. The molecule has 2 aliphatic rings. The van der Waals surface area contributed by atoms with E-state index in [-0.39, 0.29) is 37.7 Å². The molecule has 4 heteroatoms. The zero-order chi connectivity index (χ0) is 12.9. The van der Waals surface area contributed by atoms with E-state index in [1.807, 2.05) is 0 Å². The van der Waals surface area contributed by atoms with Crippen molar-refractivity contribution in [3.05, 3.63) is 0 Å². The first-order valence-corrected chi connectivity index (χ1v) is 6.35. The topological polar surface area (TPSA) is 40.5 Å². The SMILES string of the molecule is CC1(C)CC(CO)(C2(O)CCC(F)(F)CC2)C1. The van der Waals surface area contributed by atoms with Gasteiger partial charge in [0.25, 0.3) is 0 Å². The smallest absolute Gasteiger partial charge is 0.248 e. The molecule has 0 atom stereocenters. The van der Waals surface area contributed by atoms with E-state index in [0.29, 0.717) is 0 Å². The molecule has 2 saturated carbocycles. The Labute approximate surface area is 101 Å². The van der Waals surface area contributed by atoms with Crippen molar-refractivity contribution in [2.75, 3.05) is 6.61 Å². The van der Waals surface area contributed by atoms with Gasteiger partial charge in [-0.05, 0) is 31.1 Å². The highest BCUT2D eigenvalue weighted by Gasteiger charge is 2.62. The molecule has 0 heterocycles. The normalized spacial score (nSPS) is 32.8. The van der Waals surface area contributed by atoms with Gasteiger partial charge in [0.2, 0.25) is 5.92 Å². The molecule has 0 aromatic heterocycles. The number of rotatable bonds is 2. The zero-order valence-electron chi connectivity index (χ0n) is 10.6. The van der Waals surface area contributed by atoms with E-state index >= 15 is 0 Å². The minimum atomic E-state index is -2.64. The Morgan fingerprint density at radius 1 is 1.00 bits per heavy atom. The van der Waals surface area contributed by atoms with Gasteiger partial charge in [-0.25, -0.2) is 8.78 Å². The van der Waals surface area contributed by atoms with Crippen LogP contribution in [0.5, 0.6) is 0 Å². The molecule has 0 radical (unpaired) electrons. The van der Waals surface area contributed by atoms with E-state index < -0.39 is 16.9 Å². The molecule has 100 valence electrons. The highest BCUT2D eigenvalue weighted by molar-refractivity contribution is 5.11. The van der Waals surface area contributed by atoms with Crippen LogP contribution in [0.2, 0.25) is 0 Å². The van der Waals surface area contributed by atoms with Gasteiger partial charge in [0.15, 0.2) is 0 Å². The van der Waals surface area contributed by atoms with E-state index in [2.05, 4.69) is 13.8 Å². The first-order chi connectivity index (χ1) is 7.64. The summed E-state index contributed by atoms with van der Waals surface area (Å²) in [5.41, 5.74) is -1.54. The first kappa shape index (κ1) is 13.2. The van der Waals surface area contributed by atoms with Crippen LogP contribution in [0, 0.1) is 10.8 Å². The number of aliphatic hydroxyl groups is 2. The van der Waals surface area contributed by atoms with Crippen LogP contribution in [0.3, 0.4) is 0 Å². The van der Waals surface area contributed by atoms with Crippen LogP contribution in [0.4, 0.5) is 8.78 Å². The fraction of sp³-hybridized carbons (Fsp3) is 1.00. The van der Waals surface area contributed by atoms with Gasteiger partial charge in [0.1, 0.15) is 0 Å². The minimum Gasteiger partial charge on any atom is -0.396 e. The van der Waals surface area contributed by atoms with Gasteiger partial charge in [0.05, 0.1) is 12.2 Å². The summed E-state index contributed by atoms with van der Waals surface area (Å²) in [6.45, 7) is 4.07. The Hall–Kier alpha value is -0.220. The molecule has 0 spiro atoms. The molecule has 2 fully saturated rings. The third-order valence-electron chi connectivity index (χ3n) is 4.73. The maximum absolute atomic E-state index is 13.1. The molecule has 0 unspecified atom stereocenters. The van der Waals surface area contributed by atoms with E-state index in [1.165, 1.54) is 0 Å². The lowest BCUT2D eigenvalue weighted by Crippen LogP contribution is -2.62. The van der Waals surface area contributed by atoms with Crippen molar-refractivity contribution in [1.82, 2.24) is 0 Å². The number of alkyl halides is 2. The molecule has 0 aliphatic heterocycles. The summed E-state index contributed by atoms with van der Waals surface area (Å²) in [6.07, 6.45) is 1.14. The van der Waals surface area contributed by atoms with Crippen molar-refractivity contribution in [2.45, 2.75) is 63.9 Å². The van der Waals surface area contributed by atoms with Crippen LogP contribution in [-0.2, 0) is 0 Å². The molecular weight excluding hydrogens is 226 g/mol. The maximum Gasteiger partial charge on any atom is 0.248 e. The third-order valence-corrected chi connectivity index (χ3v) is 4.73. The average molecular weight is 248 g/mol. The van der Waals surface area contributed by atoms with E-state index in [9.17, 15) is 19.0 Å². The summed E-state index contributed by atoms with van der Waals surface area (Å²) < 4.78 is 26.3. The monoisotopic (exact) mass is 248 g/mol. The van der Waals surface area contributed by atoms with Gasteiger partial charge in [-0.3, -0.25) is 0 Å². The predicted octanol–water partition coefficient (Wildman–Crippen LogP) is 2.73. The van der Waals surface area contributed by atoms with Crippen molar-refractivity contribution in [3.8, 4) is 0 Å². The lowest BCUT2D eigenvalue weighted by atomic mass is 9.46. The number of halogens is 2. The van der Waals surface area contributed by atoms with Gasteiger partial charge in [0, 0.05) is 18.3 Å². The van der Waals surface area contributed by atoms with Crippen molar-refractivity contribution in [2.24, 2.45) is 10.8 Å². The van der Waals surface area contributed by atoms with Crippen molar-refractivity contribution >= 4 is 0 Å².